The maximum absolute atomic E-state index is 10.4. The number of hydrogen-bond donors (Lipinski definition) is 2. The highest BCUT2D eigenvalue weighted by Gasteiger charge is 2.18. The summed E-state index contributed by atoms with van der Waals surface area (Å²) in [5, 5.41) is 8.58. The molecule has 4 heteroatoms. The van der Waals surface area contributed by atoms with Gasteiger partial charge in [-0.1, -0.05) is 6.92 Å². The molecule has 0 radical (unpaired) electrons. The monoisotopic (exact) mass is 163 g/mol. The molecule has 0 bridgehead atoms. The minimum atomic E-state index is -0.806. The van der Waals surface area contributed by atoms with E-state index in [2.05, 4.69) is 12.6 Å². The maximum Gasteiger partial charge on any atom is 0.321 e. The minimum absolute atomic E-state index is 0.361. The lowest BCUT2D eigenvalue weighted by atomic mass is 10.3. The quantitative estimate of drug-likeness (QED) is 0.586. The highest BCUT2D eigenvalue weighted by molar-refractivity contribution is 7.80. The van der Waals surface area contributed by atoms with Crippen molar-refractivity contribution >= 4 is 18.6 Å². The van der Waals surface area contributed by atoms with Crippen molar-refractivity contribution in [2.24, 2.45) is 0 Å². The third-order valence-corrected chi connectivity index (χ3v) is 1.83. The number of carboxylic acid groups (broad SMARTS) is 1. The fourth-order valence-corrected chi connectivity index (χ4v) is 1.06. The molecular weight excluding hydrogens is 150 g/mol. The molecule has 0 aromatic carbocycles. The summed E-state index contributed by atoms with van der Waals surface area (Å²) in [4.78, 5) is 12.2. The Labute approximate surface area is 66.4 Å². The van der Waals surface area contributed by atoms with Crippen molar-refractivity contribution in [1.82, 2.24) is 4.90 Å². The van der Waals surface area contributed by atoms with Crippen molar-refractivity contribution < 1.29 is 9.90 Å². The first kappa shape index (κ1) is 9.78. The zero-order valence-corrected chi connectivity index (χ0v) is 7.14. The second-order valence-electron chi connectivity index (χ2n) is 2.11. The van der Waals surface area contributed by atoms with Gasteiger partial charge in [0.25, 0.3) is 0 Å². The summed E-state index contributed by atoms with van der Waals surface area (Å²) in [6, 6.07) is -0.451. The molecule has 1 N–H and O–H groups in total. The number of hydrogen-bond acceptors (Lipinski definition) is 3. The van der Waals surface area contributed by atoms with Gasteiger partial charge in [0.1, 0.15) is 6.04 Å². The average Bonchev–Trinajstić information content (AvgIpc) is 1.88. The zero-order valence-electron chi connectivity index (χ0n) is 6.24. The predicted molar refractivity (Wildman–Crippen MR) is 43.6 cm³/mol. The molecule has 1 atom stereocenters. The second-order valence-corrected chi connectivity index (χ2v) is 2.47. The van der Waals surface area contributed by atoms with E-state index in [-0.39, 0.29) is 0 Å². The fourth-order valence-electron chi connectivity index (χ4n) is 0.626. The lowest BCUT2D eigenvalue weighted by Crippen LogP contribution is -2.39. The number of nitrogens with zero attached hydrogens (tertiary/aromatic N) is 1. The second kappa shape index (κ2) is 4.57. The number of carboxylic acids is 1. The molecule has 0 aliphatic rings. The Bertz CT molecular complexity index is 118. The molecule has 0 aromatic heterocycles. The van der Waals surface area contributed by atoms with Crippen molar-refractivity contribution in [3.05, 3.63) is 0 Å². The number of carbonyl (C=O) groups is 1. The minimum Gasteiger partial charge on any atom is -0.480 e. The van der Waals surface area contributed by atoms with E-state index in [1.54, 1.807) is 11.9 Å². The Balaban J connectivity index is 3.92. The van der Waals surface area contributed by atoms with Crippen LogP contribution in [0.25, 0.3) is 0 Å². The standard InChI is InChI=1S/C6H13NO2S/c1-3-7(2)5(4-10)6(8)9/h5,10H,3-4H2,1-2H3,(H,8,9). The van der Waals surface area contributed by atoms with Crippen LogP contribution in [0.5, 0.6) is 0 Å². The molecule has 0 rings (SSSR count). The molecule has 0 amide bonds. The zero-order chi connectivity index (χ0) is 8.15. The molecule has 0 spiro atoms. The van der Waals surface area contributed by atoms with Gasteiger partial charge in [-0.25, -0.2) is 0 Å². The van der Waals surface area contributed by atoms with Gasteiger partial charge in [0.2, 0.25) is 0 Å². The largest absolute Gasteiger partial charge is 0.480 e. The van der Waals surface area contributed by atoms with Crippen LogP contribution in [0, 0.1) is 0 Å². The van der Waals surface area contributed by atoms with Crippen LogP contribution in [-0.4, -0.2) is 41.4 Å². The van der Waals surface area contributed by atoms with Crippen LogP contribution in [0.2, 0.25) is 0 Å². The van der Waals surface area contributed by atoms with E-state index in [1.807, 2.05) is 6.92 Å². The summed E-state index contributed by atoms with van der Waals surface area (Å²) < 4.78 is 0. The van der Waals surface area contributed by atoms with Gasteiger partial charge in [0.05, 0.1) is 0 Å². The van der Waals surface area contributed by atoms with Crippen LogP contribution in [0.3, 0.4) is 0 Å². The Morgan fingerprint density at radius 3 is 2.40 bits per heavy atom. The van der Waals surface area contributed by atoms with Gasteiger partial charge >= 0.3 is 5.97 Å². The van der Waals surface area contributed by atoms with Gasteiger partial charge in [-0.05, 0) is 13.6 Å². The Morgan fingerprint density at radius 2 is 2.30 bits per heavy atom. The molecule has 0 aliphatic heterocycles. The molecule has 0 fully saturated rings. The van der Waals surface area contributed by atoms with E-state index in [0.717, 1.165) is 6.54 Å². The van der Waals surface area contributed by atoms with Crippen molar-refractivity contribution in [1.29, 1.82) is 0 Å². The summed E-state index contributed by atoms with van der Waals surface area (Å²) in [5.41, 5.74) is 0. The Hall–Kier alpha value is -0.220. The summed E-state index contributed by atoms with van der Waals surface area (Å²) in [5.74, 6) is -0.445. The lowest BCUT2D eigenvalue weighted by Gasteiger charge is -2.20. The molecule has 0 aliphatic carbocycles. The van der Waals surface area contributed by atoms with Crippen molar-refractivity contribution in [3.63, 3.8) is 0 Å². The molecule has 0 heterocycles. The summed E-state index contributed by atoms with van der Waals surface area (Å²) in [7, 11) is 1.77. The molecular formula is C6H13NO2S. The van der Waals surface area contributed by atoms with Crippen LogP contribution < -0.4 is 0 Å². The highest BCUT2D eigenvalue weighted by atomic mass is 32.1. The molecule has 0 saturated carbocycles. The highest BCUT2D eigenvalue weighted by Crippen LogP contribution is 1.97. The first-order valence-corrected chi connectivity index (χ1v) is 3.80. The number of rotatable bonds is 4. The average molecular weight is 163 g/mol. The number of aliphatic carboxylic acids is 1. The van der Waals surface area contributed by atoms with Gasteiger partial charge < -0.3 is 5.11 Å². The summed E-state index contributed by atoms with van der Waals surface area (Å²) in [6.07, 6.45) is 0. The van der Waals surface area contributed by atoms with Crippen LogP contribution in [0.15, 0.2) is 0 Å². The maximum atomic E-state index is 10.4. The third kappa shape index (κ3) is 2.58. The van der Waals surface area contributed by atoms with E-state index in [1.165, 1.54) is 0 Å². The fraction of sp³-hybridized carbons (Fsp3) is 0.833. The van der Waals surface area contributed by atoms with Gasteiger partial charge in [-0.2, -0.15) is 12.6 Å². The first-order chi connectivity index (χ1) is 4.63. The van der Waals surface area contributed by atoms with E-state index in [9.17, 15) is 4.79 Å². The molecule has 0 saturated heterocycles. The summed E-state index contributed by atoms with van der Waals surface area (Å²) in [6.45, 7) is 2.65. The van der Waals surface area contributed by atoms with Gasteiger partial charge in [0, 0.05) is 5.75 Å². The number of thiol groups is 1. The van der Waals surface area contributed by atoms with E-state index < -0.39 is 12.0 Å². The van der Waals surface area contributed by atoms with Gasteiger partial charge in [-0.15, -0.1) is 0 Å². The smallest absolute Gasteiger partial charge is 0.321 e. The number of likely N-dealkylation sites (N-methyl/N-ethyl adjacent to an activating group) is 1. The van der Waals surface area contributed by atoms with E-state index >= 15 is 0 Å². The van der Waals surface area contributed by atoms with E-state index in [4.69, 9.17) is 5.11 Å². The molecule has 0 aromatic rings. The topological polar surface area (TPSA) is 40.5 Å². The van der Waals surface area contributed by atoms with E-state index in [0.29, 0.717) is 5.75 Å². The lowest BCUT2D eigenvalue weighted by molar-refractivity contribution is -0.141. The van der Waals surface area contributed by atoms with Crippen LogP contribution >= 0.6 is 12.6 Å². The van der Waals surface area contributed by atoms with Gasteiger partial charge in [-0.3, -0.25) is 9.69 Å². The summed E-state index contributed by atoms with van der Waals surface area (Å²) >= 11 is 3.93. The molecule has 3 nitrogen and oxygen atoms in total. The Kier molecular flexibility index (Phi) is 4.47. The first-order valence-electron chi connectivity index (χ1n) is 3.17. The van der Waals surface area contributed by atoms with Crippen LogP contribution in [0.4, 0.5) is 0 Å². The predicted octanol–water partition coefficient (Wildman–Crippen LogP) is 0.321. The normalized spacial score (nSPS) is 13.6. The SMILES string of the molecule is CCN(C)C(CS)C(=O)O. The van der Waals surface area contributed by atoms with Crippen LogP contribution in [0.1, 0.15) is 6.92 Å². The molecule has 10 heavy (non-hydrogen) atoms. The third-order valence-electron chi connectivity index (χ3n) is 1.49. The molecule has 60 valence electrons. The van der Waals surface area contributed by atoms with Crippen molar-refractivity contribution in [2.75, 3.05) is 19.3 Å². The Morgan fingerprint density at radius 1 is 1.80 bits per heavy atom. The van der Waals surface area contributed by atoms with Crippen LogP contribution in [-0.2, 0) is 4.79 Å². The van der Waals surface area contributed by atoms with Gasteiger partial charge in [0.15, 0.2) is 0 Å². The van der Waals surface area contributed by atoms with Crippen molar-refractivity contribution in [2.45, 2.75) is 13.0 Å². The molecule has 1 unspecified atom stereocenters. The van der Waals surface area contributed by atoms with Crippen molar-refractivity contribution in [3.8, 4) is 0 Å².